The van der Waals surface area contributed by atoms with Crippen LogP contribution in [0, 0.1) is 5.92 Å². The molecule has 1 aliphatic heterocycles. The van der Waals surface area contributed by atoms with E-state index in [1.54, 1.807) is 0 Å². The van der Waals surface area contributed by atoms with Gasteiger partial charge in [0, 0.05) is 37.8 Å². The lowest BCUT2D eigenvalue weighted by atomic mass is 9.93. The lowest BCUT2D eigenvalue weighted by Gasteiger charge is -2.47. The SMILES string of the molecule is CCOCCN1CC(C(C)C)NCC1(C)C. The van der Waals surface area contributed by atoms with Crippen LogP contribution in [0.3, 0.4) is 0 Å². The predicted octanol–water partition coefficient (Wildman–Crippen LogP) is 1.73. The highest BCUT2D eigenvalue weighted by Crippen LogP contribution is 2.20. The van der Waals surface area contributed by atoms with E-state index in [1.807, 2.05) is 0 Å². The van der Waals surface area contributed by atoms with Crippen molar-refractivity contribution in [1.82, 2.24) is 10.2 Å². The molecular formula is C13H28N2O. The quantitative estimate of drug-likeness (QED) is 0.725. The van der Waals surface area contributed by atoms with Gasteiger partial charge in [0.1, 0.15) is 0 Å². The summed E-state index contributed by atoms with van der Waals surface area (Å²) in [6.45, 7) is 16.2. The first-order valence-electron chi connectivity index (χ1n) is 6.53. The van der Waals surface area contributed by atoms with E-state index >= 15 is 0 Å². The van der Waals surface area contributed by atoms with E-state index in [1.165, 1.54) is 0 Å². The van der Waals surface area contributed by atoms with Gasteiger partial charge in [-0.05, 0) is 26.7 Å². The summed E-state index contributed by atoms with van der Waals surface area (Å²) < 4.78 is 5.46. The molecule has 1 rings (SSSR count). The minimum atomic E-state index is 0.252. The molecular weight excluding hydrogens is 200 g/mol. The van der Waals surface area contributed by atoms with Crippen LogP contribution in [0.1, 0.15) is 34.6 Å². The summed E-state index contributed by atoms with van der Waals surface area (Å²) >= 11 is 0. The summed E-state index contributed by atoms with van der Waals surface area (Å²) in [6, 6.07) is 0.620. The van der Waals surface area contributed by atoms with Crippen molar-refractivity contribution in [1.29, 1.82) is 0 Å². The normalized spacial score (nSPS) is 26.2. The predicted molar refractivity (Wildman–Crippen MR) is 68.8 cm³/mol. The molecule has 0 aromatic heterocycles. The van der Waals surface area contributed by atoms with Gasteiger partial charge in [0.05, 0.1) is 6.61 Å². The molecule has 3 nitrogen and oxygen atoms in total. The van der Waals surface area contributed by atoms with Gasteiger partial charge in [0.2, 0.25) is 0 Å². The summed E-state index contributed by atoms with van der Waals surface area (Å²) in [5.41, 5.74) is 0.252. The Labute approximate surface area is 101 Å². The number of piperazine rings is 1. The van der Waals surface area contributed by atoms with E-state index in [0.29, 0.717) is 12.0 Å². The first-order chi connectivity index (χ1) is 7.47. The first-order valence-corrected chi connectivity index (χ1v) is 6.53. The van der Waals surface area contributed by atoms with Gasteiger partial charge in [-0.15, -0.1) is 0 Å². The fourth-order valence-corrected chi connectivity index (χ4v) is 2.20. The van der Waals surface area contributed by atoms with Crippen molar-refractivity contribution < 1.29 is 4.74 Å². The number of hydrogen-bond donors (Lipinski definition) is 1. The van der Waals surface area contributed by atoms with Crippen LogP contribution in [0.4, 0.5) is 0 Å². The second-order valence-corrected chi connectivity index (χ2v) is 5.69. The molecule has 0 aromatic rings. The average molecular weight is 228 g/mol. The Morgan fingerprint density at radius 3 is 2.69 bits per heavy atom. The first kappa shape index (κ1) is 13.9. The summed E-state index contributed by atoms with van der Waals surface area (Å²) in [5, 5.41) is 3.65. The van der Waals surface area contributed by atoms with Crippen molar-refractivity contribution in [3.8, 4) is 0 Å². The third kappa shape index (κ3) is 3.72. The standard InChI is InChI=1S/C13H28N2O/c1-6-16-8-7-15-9-12(11(2)3)14-10-13(15,4)5/h11-12,14H,6-10H2,1-5H3. The monoisotopic (exact) mass is 228 g/mol. The Morgan fingerprint density at radius 2 is 2.12 bits per heavy atom. The minimum Gasteiger partial charge on any atom is -0.380 e. The number of ether oxygens (including phenoxy) is 1. The van der Waals surface area contributed by atoms with E-state index in [4.69, 9.17) is 4.74 Å². The third-order valence-electron chi connectivity index (χ3n) is 3.58. The van der Waals surface area contributed by atoms with Crippen molar-refractivity contribution in [2.75, 3.05) is 32.8 Å². The van der Waals surface area contributed by atoms with Crippen LogP contribution in [0.25, 0.3) is 0 Å². The van der Waals surface area contributed by atoms with Gasteiger partial charge < -0.3 is 10.1 Å². The van der Waals surface area contributed by atoms with Crippen molar-refractivity contribution in [2.45, 2.75) is 46.2 Å². The molecule has 1 saturated heterocycles. The van der Waals surface area contributed by atoms with Crippen molar-refractivity contribution in [3.63, 3.8) is 0 Å². The molecule has 1 unspecified atom stereocenters. The van der Waals surface area contributed by atoms with Crippen LogP contribution in [0.2, 0.25) is 0 Å². The fourth-order valence-electron chi connectivity index (χ4n) is 2.20. The lowest BCUT2D eigenvalue weighted by molar-refractivity contribution is 0.0240. The Morgan fingerprint density at radius 1 is 1.44 bits per heavy atom. The topological polar surface area (TPSA) is 24.5 Å². The van der Waals surface area contributed by atoms with Crippen LogP contribution in [-0.2, 0) is 4.74 Å². The van der Waals surface area contributed by atoms with Crippen molar-refractivity contribution in [2.24, 2.45) is 5.92 Å². The fraction of sp³-hybridized carbons (Fsp3) is 1.00. The highest BCUT2D eigenvalue weighted by Gasteiger charge is 2.34. The van der Waals surface area contributed by atoms with Gasteiger partial charge >= 0.3 is 0 Å². The molecule has 16 heavy (non-hydrogen) atoms. The van der Waals surface area contributed by atoms with Gasteiger partial charge in [-0.1, -0.05) is 13.8 Å². The number of rotatable bonds is 5. The highest BCUT2D eigenvalue weighted by molar-refractivity contribution is 4.93. The van der Waals surface area contributed by atoms with Gasteiger partial charge in [-0.2, -0.15) is 0 Å². The molecule has 1 atom stereocenters. The Kier molecular flexibility index (Phi) is 5.22. The van der Waals surface area contributed by atoms with Crippen LogP contribution < -0.4 is 5.32 Å². The van der Waals surface area contributed by atoms with E-state index in [0.717, 1.165) is 32.8 Å². The Bertz CT molecular complexity index is 204. The second-order valence-electron chi connectivity index (χ2n) is 5.69. The van der Waals surface area contributed by atoms with E-state index in [-0.39, 0.29) is 5.54 Å². The molecule has 96 valence electrons. The molecule has 0 spiro atoms. The van der Waals surface area contributed by atoms with E-state index in [2.05, 4.69) is 44.8 Å². The lowest BCUT2D eigenvalue weighted by Crippen LogP contribution is -2.63. The zero-order valence-corrected chi connectivity index (χ0v) is 11.5. The molecule has 1 fully saturated rings. The largest absolute Gasteiger partial charge is 0.380 e. The summed E-state index contributed by atoms with van der Waals surface area (Å²) in [5.74, 6) is 0.700. The van der Waals surface area contributed by atoms with Crippen LogP contribution in [0.15, 0.2) is 0 Å². The maximum atomic E-state index is 5.46. The molecule has 3 heteroatoms. The number of nitrogens with zero attached hydrogens (tertiary/aromatic N) is 1. The number of nitrogens with one attached hydrogen (secondary N) is 1. The van der Waals surface area contributed by atoms with Gasteiger partial charge in [-0.3, -0.25) is 4.90 Å². The van der Waals surface area contributed by atoms with E-state index < -0.39 is 0 Å². The average Bonchev–Trinajstić information content (AvgIpc) is 2.20. The highest BCUT2D eigenvalue weighted by atomic mass is 16.5. The van der Waals surface area contributed by atoms with Gasteiger partial charge in [0.15, 0.2) is 0 Å². The zero-order valence-electron chi connectivity index (χ0n) is 11.5. The summed E-state index contributed by atoms with van der Waals surface area (Å²) in [4.78, 5) is 2.56. The molecule has 0 radical (unpaired) electrons. The van der Waals surface area contributed by atoms with Crippen molar-refractivity contribution in [3.05, 3.63) is 0 Å². The summed E-state index contributed by atoms with van der Waals surface area (Å²) in [7, 11) is 0. The van der Waals surface area contributed by atoms with Crippen LogP contribution in [-0.4, -0.2) is 49.3 Å². The molecule has 1 aliphatic rings. The van der Waals surface area contributed by atoms with Crippen LogP contribution in [0.5, 0.6) is 0 Å². The Balaban J connectivity index is 2.48. The Hall–Kier alpha value is -0.120. The molecule has 1 heterocycles. The maximum Gasteiger partial charge on any atom is 0.0593 e. The molecule has 0 saturated carbocycles. The molecule has 0 aliphatic carbocycles. The smallest absolute Gasteiger partial charge is 0.0593 e. The minimum absolute atomic E-state index is 0.252. The number of hydrogen-bond acceptors (Lipinski definition) is 3. The van der Waals surface area contributed by atoms with E-state index in [9.17, 15) is 0 Å². The van der Waals surface area contributed by atoms with Gasteiger partial charge in [-0.25, -0.2) is 0 Å². The molecule has 0 amide bonds. The second kappa shape index (κ2) is 5.99. The molecule has 0 bridgehead atoms. The zero-order chi connectivity index (χ0) is 12.2. The third-order valence-corrected chi connectivity index (χ3v) is 3.58. The van der Waals surface area contributed by atoms with Crippen molar-refractivity contribution >= 4 is 0 Å². The van der Waals surface area contributed by atoms with Gasteiger partial charge in [0.25, 0.3) is 0 Å². The molecule has 0 aromatic carbocycles. The summed E-state index contributed by atoms with van der Waals surface area (Å²) in [6.07, 6.45) is 0. The maximum absolute atomic E-state index is 5.46. The van der Waals surface area contributed by atoms with Crippen LogP contribution >= 0.6 is 0 Å². The molecule has 1 N–H and O–H groups in total.